The predicted octanol–water partition coefficient (Wildman–Crippen LogP) is 4.14. The Morgan fingerprint density at radius 1 is 1.08 bits per heavy atom. The van der Waals surface area contributed by atoms with E-state index < -0.39 is 4.92 Å². The molecule has 6 heteroatoms. The van der Waals surface area contributed by atoms with Gasteiger partial charge in [-0.2, -0.15) is 0 Å². The van der Waals surface area contributed by atoms with Gasteiger partial charge in [0.25, 0.3) is 5.69 Å². The first-order valence-electron chi connectivity index (χ1n) is 6.74. The average Bonchev–Trinajstić information content (AvgIpc) is 2.59. The summed E-state index contributed by atoms with van der Waals surface area (Å²) in [6.45, 7) is 0. The van der Waals surface area contributed by atoms with E-state index in [0.29, 0.717) is 22.6 Å². The van der Waals surface area contributed by atoms with Crippen molar-refractivity contribution in [1.82, 2.24) is 0 Å². The van der Waals surface area contributed by atoms with Crippen LogP contribution in [-0.4, -0.2) is 24.9 Å². The normalized spacial score (nSPS) is 10.1. The van der Waals surface area contributed by atoms with Crippen LogP contribution in [0.2, 0.25) is 0 Å². The maximum atomic E-state index is 12.3. The lowest BCUT2D eigenvalue weighted by atomic mass is 10.1. The van der Waals surface area contributed by atoms with Gasteiger partial charge >= 0.3 is 0 Å². The molecule has 0 spiro atoms. The van der Waals surface area contributed by atoms with Gasteiger partial charge in [0.1, 0.15) is 11.5 Å². The van der Waals surface area contributed by atoms with Crippen LogP contribution in [0.5, 0.6) is 11.5 Å². The van der Waals surface area contributed by atoms with E-state index in [4.69, 9.17) is 9.47 Å². The molecule has 0 aliphatic rings. The number of ketones is 1. The van der Waals surface area contributed by atoms with Crippen LogP contribution in [0.1, 0.15) is 23.3 Å². The number of ether oxygens (including phenoxy) is 2. The van der Waals surface area contributed by atoms with Gasteiger partial charge in [-0.15, -0.1) is 0 Å². The smallest absolute Gasteiger partial charge is 0.276 e. The number of benzene rings is 2. The van der Waals surface area contributed by atoms with E-state index in [1.165, 1.54) is 32.4 Å². The lowest BCUT2D eigenvalue weighted by Crippen LogP contribution is -1.97. The quantitative estimate of drug-likeness (QED) is 0.344. The molecule has 2 aromatic rings. The molecule has 0 N–H and O–H groups in total. The fraction of sp³-hybridized carbons (Fsp3) is 0.167. The zero-order valence-corrected chi connectivity index (χ0v) is 12.7. The second-order valence-electron chi connectivity index (χ2n) is 4.61. The van der Waals surface area contributed by atoms with Gasteiger partial charge in [0.15, 0.2) is 5.78 Å². The minimum absolute atomic E-state index is 0. The number of hydrogen-bond donors (Lipinski definition) is 0. The van der Waals surface area contributed by atoms with Crippen molar-refractivity contribution < 1.29 is 19.2 Å². The molecule has 0 aliphatic carbocycles. The Kier molecular flexibility index (Phi) is 6.67. The highest BCUT2D eigenvalue weighted by atomic mass is 16.6. The fourth-order valence-corrected chi connectivity index (χ4v) is 2.01. The third-order valence-electron chi connectivity index (χ3n) is 3.18. The van der Waals surface area contributed by atoms with E-state index in [2.05, 4.69) is 0 Å². The van der Waals surface area contributed by atoms with Crippen LogP contribution in [-0.2, 0) is 0 Å². The molecule has 2 rings (SSSR count). The molecule has 24 heavy (non-hydrogen) atoms. The summed E-state index contributed by atoms with van der Waals surface area (Å²) in [5.41, 5.74) is 0.677. The molecule has 0 aliphatic heterocycles. The van der Waals surface area contributed by atoms with Crippen molar-refractivity contribution in [2.45, 2.75) is 7.43 Å². The molecule has 0 bridgehead atoms. The molecular formula is C18H19NO5. The molecule has 0 atom stereocenters. The highest BCUT2D eigenvalue weighted by molar-refractivity contribution is 6.07. The topological polar surface area (TPSA) is 78.7 Å². The number of methoxy groups -OCH3 is 2. The van der Waals surface area contributed by atoms with Gasteiger partial charge in [-0.25, -0.2) is 0 Å². The van der Waals surface area contributed by atoms with Crippen molar-refractivity contribution in [3.05, 3.63) is 69.8 Å². The van der Waals surface area contributed by atoms with Crippen LogP contribution in [0.4, 0.5) is 5.69 Å². The molecule has 6 nitrogen and oxygen atoms in total. The highest BCUT2D eigenvalue weighted by Crippen LogP contribution is 2.24. The Morgan fingerprint density at radius 3 is 2.21 bits per heavy atom. The second kappa shape index (κ2) is 8.47. The number of rotatable bonds is 6. The van der Waals surface area contributed by atoms with Crippen LogP contribution in [0.3, 0.4) is 0 Å². The SMILES string of the molecule is C.COc1cc(OC)cc(C(=O)/C=C/c2ccccc2[N+](=O)[O-])c1. The summed E-state index contributed by atoms with van der Waals surface area (Å²) in [6, 6.07) is 11.0. The zero-order valence-electron chi connectivity index (χ0n) is 12.7. The summed E-state index contributed by atoms with van der Waals surface area (Å²) in [6.07, 6.45) is 2.71. The molecule has 0 unspecified atom stereocenters. The molecule has 0 saturated heterocycles. The number of allylic oxidation sites excluding steroid dienone is 1. The van der Waals surface area contributed by atoms with E-state index in [9.17, 15) is 14.9 Å². The first kappa shape index (κ1) is 18.9. The van der Waals surface area contributed by atoms with Crippen molar-refractivity contribution in [3.63, 3.8) is 0 Å². The van der Waals surface area contributed by atoms with Crippen molar-refractivity contribution in [2.75, 3.05) is 14.2 Å². The molecule has 0 fully saturated rings. The second-order valence-corrected chi connectivity index (χ2v) is 4.61. The zero-order chi connectivity index (χ0) is 16.8. The Balaban J connectivity index is 0.00000288. The van der Waals surface area contributed by atoms with Crippen LogP contribution >= 0.6 is 0 Å². The summed E-state index contributed by atoms with van der Waals surface area (Å²) in [7, 11) is 2.98. The van der Waals surface area contributed by atoms with E-state index >= 15 is 0 Å². The number of carbonyl (C=O) groups is 1. The monoisotopic (exact) mass is 329 g/mol. The molecule has 126 valence electrons. The lowest BCUT2D eigenvalue weighted by Gasteiger charge is -2.06. The number of nitro benzene ring substituents is 1. The van der Waals surface area contributed by atoms with E-state index in [1.54, 1.807) is 36.4 Å². The number of carbonyl (C=O) groups excluding carboxylic acids is 1. The third kappa shape index (κ3) is 4.42. The molecule has 0 saturated carbocycles. The van der Waals surface area contributed by atoms with Crippen molar-refractivity contribution in [3.8, 4) is 11.5 Å². The molecule has 0 aromatic heterocycles. The number of para-hydroxylation sites is 1. The molecule has 0 radical (unpaired) electrons. The Labute approximate surface area is 140 Å². The van der Waals surface area contributed by atoms with Gasteiger partial charge in [-0.3, -0.25) is 14.9 Å². The van der Waals surface area contributed by atoms with Gasteiger partial charge in [-0.05, 0) is 30.4 Å². The van der Waals surface area contributed by atoms with Gasteiger partial charge in [0.05, 0.1) is 24.7 Å². The maximum Gasteiger partial charge on any atom is 0.276 e. The van der Waals surface area contributed by atoms with Crippen molar-refractivity contribution in [1.29, 1.82) is 0 Å². The number of hydrogen-bond acceptors (Lipinski definition) is 5. The predicted molar refractivity (Wildman–Crippen MR) is 92.7 cm³/mol. The van der Waals surface area contributed by atoms with Crippen LogP contribution in [0.25, 0.3) is 6.08 Å². The lowest BCUT2D eigenvalue weighted by molar-refractivity contribution is -0.385. The number of nitrogens with zero attached hydrogens (tertiary/aromatic N) is 1. The Bertz CT molecular complexity index is 746. The van der Waals surface area contributed by atoms with Crippen molar-refractivity contribution in [2.24, 2.45) is 0 Å². The van der Waals surface area contributed by atoms with Gasteiger partial charge in [0.2, 0.25) is 0 Å². The minimum Gasteiger partial charge on any atom is -0.497 e. The third-order valence-corrected chi connectivity index (χ3v) is 3.18. The first-order valence-corrected chi connectivity index (χ1v) is 6.74. The largest absolute Gasteiger partial charge is 0.497 e. The van der Waals surface area contributed by atoms with Gasteiger partial charge in [0, 0.05) is 17.7 Å². The van der Waals surface area contributed by atoms with Crippen LogP contribution in [0.15, 0.2) is 48.5 Å². The summed E-state index contributed by atoms with van der Waals surface area (Å²) in [5.74, 6) is 0.680. The van der Waals surface area contributed by atoms with E-state index in [-0.39, 0.29) is 18.9 Å². The summed E-state index contributed by atoms with van der Waals surface area (Å²) >= 11 is 0. The maximum absolute atomic E-state index is 12.3. The summed E-state index contributed by atoms with van der Waals surface area (Å²) < 4.78 is 10.2. The molecule has 0 heterocycles. The number of nitro groups is 1. The summed E-state index contributed by atoms with van der Waals surface area (Å²) in [4.78, 5) is 22.7. The molecule has 0 amide bonds. The van der Waals surface area contributed by atoms with E-state index in [0.717, 1.165) is 0 Å². The van der Waals surface area contributed by atoms with Gasteiger partial charge in [-0.1, -0.05) is 19.6 Å². The average molecular weight is 329 g/mol. The van der Waals surface area contributed by atoms with Crippen molar-refractivity contribution >= 4 is 17.5 Å². The molecular weight excluding hydrogens is 310 g/mol. The van der Waals surface area contributed by atoms with Crippen LogP contribution < -0.4 is 9.47 Å². The highest BCUT2D eigenvalue weighted by Gasteiger charge is 2.11. The van der Waals surface area contributed by atoms with Gasteiger partial charge < -0.3 is 9.47 Å². The van der Waals surface area contributed by atoms with Crippen LogP contribution in [0, 0.1) is 10.1 Å². The minimum atomic E-state index is -0.487. The fourth-order valence-electron chi connectivity index (χ4n) is 2.01. The summed E-state index contributed by atoms with van der Waals surface area (Å²) in [5, 5.41) is 11.0. The molecule has 2 aromatic carbocycles. The standard InChI is InChI=1S/C17H15NO5.CH4/c1-22-14-9-13(10-15(11-14)23-2)17(19)8-7-12-5-3-4-6-16(12)18(20)21;/h3-11H,1-2H3;1H4/b8-7+;. The Hall–Kier alpha value is -3.15. The first-order chi connectivity index (χ1) is 11.0. The van der Waals surface area contributed by atoms with E-state index in [1.807, 2.05) is 0 Å². The Morgan fingerprint density at radius 2 is 1.67 bits per heavy atom.